The Balaban J connectivity index is 1.57. The zero-order valence-corrected chi connectivity index (χ0v) is 13.2. The van der Waals surface area contributed by atoms with E-state index >= 15 is 0 Å². The van der Waals surface area contributed by atoms with E-state index in [4.69, 9.17) is 4.42 Å². The maximum atomic E-state index is 13.7. The molecule has 1 aliphatic rings. The van der Waals surface area contributed by atoms with Crippen molar-refractivity contribution in [2.45, 2.75) is 12.8 Å². The van der Waals surface area contributed by atoms with Crippen LogP contribution >= 0.6 is 0 Å². The van der Waals surface area contributed by atoms with Gasteiger partial charge >= 0.3 is 0 Å². The van der Waals surface area contributed by atoms with Gasteiger partial charge in [-0.25, -0.2) is 9.37 Å². The van der Waals surface area contributed by atoms with Crippen LogP contribution in [0.3, 0.4) is 0 Å². The predicted octanol–water partition coefficient (Wildman–Crippen LogP) is 2.19. The van der Waals surface area contributed by atoms with E-state index in [-0.39, 0.29) is 11.7 Å². The lowest BCUT2D eigenvalue weighted by Gasteiger charge is -2.32. The summed E-state index contributed by atoms with van der Waals surface area (Å²) in [6, 6.07) is 6.41. The summed E-state index contributed by atoms with van der Waals surface area (Å²) >= 11 is 0. The molecule has 0 N–H and O–H groups in total. The zero-order valence-electron chi connectivity index (χ0n) is 13.2. The van der Waals surface area contributed by atoms with Gasteiger partial charge in [-0.05, 0) is 19.2 Å². The molecule has 0 unspecified atom stereocenters. The van der Waals surface area contributed by atoms with Crippen LogP contribution in [0, 0.1) is 5.82 Å². The number of carbonyl (C=O) groups excluding carboxylic acids is 1. The van der Waals surface area contributed by atoms with Crippen molar-refractivity contribution >= 4 is 5.91 Å². The first-order valence-electron chi connectivity index (χ1n) is 7.79. The second-order valence-corrected chi connectivity index (χ2v) is 5.78. The van der Waals surface area contributed by atoms with Crippen molar-refractivity contribution < 1.29 is 13.6 Å². The fraction of sp³-hybridized carbons (Fsp3) is 0.412. The Hall–Kier alpha value is -2.21. The van der Waals surface area contributed by atoms with E-state index in [1.165, 1.54) is 12.3 Å². The van der Waals surface area contributed by atoms with E-state index in [0.29, 0.717) is 30.1 Å². The van der Waals surface area contributed by atoms with Crippen molar-refractivity contribution in [3.05, 3.63) is 42.2 Å². The van der Waals surface area contributed by atoms with Crippen molar-refractivity contribution in [3.63, 3.8) is 0 Å². The van der Waals surface area contributed by atoms with Gasteiger partial charge in [-0.1, -0.05) is 12.1 Å². The molecule has 1 aromatic carbocycles. The van der Waals surface area contributed by atoms with Gasteiger partial charge in [0, 0.05) is 39.0 Å². The van der Waals surface area contributed by atoms with Crippen LogP contribution in [0.4, 0.5) is 4.39 Å². The van der Waals surface area contributed by atoms with Crippen molar-refractivity contribution in [1.82, 2.24) is 14.8 Å². The van der Waals surface area contributed by atoms with Crippen LogP contribution in [0.15, 0.2) is 34.9 Å². The summed E-state index contributed by atoms with van der Waals surface area (Å²) in [4.78, 5) is 20.4. The number of oxazole rings is 1. The number of benzene rings is 1. The highest BCUT2D eigenvalue weighted by atomic mass is 19.1. The van der Waals surface area contributed by atoms with Crippen molar-refractivity contribution in [2.24, 2.45) is 0 Å². The maximum absolute atomic E-state index is 13.7. The average Bonchev–Trinajstić information content (AvgIpc) is 3.02. The Labute approximate surface area is 134 Å². The summed E-state index contributed by atoms with van der Waals surface area (Å²) in [6.45, 7) is 3.34. The fourth-order valence-corrected chi connectivity index (χ4v) is 2.64. The largest absolute Gasteiger partial charge is 0.441 e. The number of amides is 1. The lowest BCUT2D eigenvalue weighted by molar-refractivity contribution is -0.132. The Morgan fingerprint density at radius 1 is 1.26 bits per heavy atom. The number of halogens is 1. The molecule has 0 bridgehead atoms. The van der Waals surface area contributed by atoms with Gasteiger partial charge in [0.05, 0.1) is 11.8 Å². The van der Waals surface area contributed by atoms with Gasteiger partial charge < -0.3 is 14.2 Å². The lowest BCUT2D eigenvalue weighted by atomic mass is 10.2. The lowest BCUT2D eigenvalue weighted by Crippen LogP contribution is -2.47. The van der Waals surface area contributed by atoms with Crippen LogP contribution in [0.25, 0.3) is 11.3 Å². The first-order valence-corrected chi connectivity index (χ1v) is 7.79. The fourth-order valence-electron chi connectivity index (χ4n) is 2.64. The normalized spacial score (nSPS) is 15.8. The molecular weight excluding hydrogens is 297 g/mol. The molecule has 1 aromatic heterocycles. The van der Waals surface area contributed by atoms with E-state index in [0.717, 1.165) is 26.2 Å². The third kappa shape index (κ3) is 3.76. The highest BCUT2D eigenvalue weighted by Gasteiger charge is 2.19. The summed E-state index contributed by atoms with van der Waals surface area (Å²) in [5.74, 6) is 0.628. The second kappa shape index (κ2) is 6.91. The predicted molar refractivity (Wildman–Crippen MR) is 84.3 cm³/mol. The van der Waals surface area contributed by atoms with Crippen LogP contribution in [-0.4, -0.2) is 53.9 Å². The Bertz CT molecular complexity index is 678. The standard InChI is InChI=1S/C17H20FN3O2/c1-20-8-10-21(11-9-20)17(22)7-6-16-19-12-15(23-16)13-4-2-3-5-14(13)18/h2-5,12H,6-11H2,1H3. The van der Waals surface area contributed by atoms with E-state index in [1.807, 2.05) is 4.90 Å². The molecule has 0 atom stereocenters. The van der Waals surface area contributed by atoms with Crippen LogP contribution in [0.1, 0.15) is 12.3 Å². The summed E-state index contributed by atoms with van der Waals surface area (Å²) in [5, 5.41) is 0. The quantitative estimate of drug-likeness (QED) is 0.867. The number of carbonyl (C=O) groups is 1. The third-order valence-electron chi connectivity index (χ3n) is 4.10. The molecule has 1 amide bonds. The molecule has 6 heteroatoms. The molecule has 5 nitrogen and oxygen atoms in total. The van der Waals surface area contributed by atoms with Gasteiger partial charge in [0.1, 0.15) is 5.82 Å². The van der Waals surface area contributed by atoms with Crippen molar-refractivity contribution in [2.75, 3.05) is 33.2 Å². The second-order valence-electron chi connectivity index (χ2n) is 5.78. The van der Waals surface area contributed by atoms with Gasteiger partial charge in [0.15, 0.2) is 11.7 Å². The van der Waals surface area contributed by atoms with E-state index in [9.17, 15) is 9.18 Å². The number of hydrogen-bond acceptors (Lipinski definition) is 4. The first kappa shape index (κ1) is 15.7. The maximum Gasteiger partial charge on any atom is 0.223 e. The highest BCUT2D eigenvalue weighted by molar-refractivity contribution is 5.76. The van der Waals surface area contributed by atoms with Crippen molar-refractivity contribution in [3.8, 4) is 11.3 Å². The molecule has 122 valence electrons. The molecular formula is C17H20FN3O2. The minimum absolute atomic E-state index is 0.115. The van der Waals surface area contributed by atoms with Crippen LogP contribution in [0.2, 0.25) is 0 Å². The number of hydrogen-bond donors (Lipinski definition) is 0. The molecule has 0 radical (unpaired) electrons. The Kier molecular flexibility index (Phi) is 4.71. The number of aromatic nitrogens is 1. The first-order chi connectivity index (χ1) is 11.1. The molecule has 0 saturated carbocycles. The Morgan fingerprint density at radius 3 is 2.74 bits per heavy atom. The van der Waals surface area contributed by atoms with Gasteiger partial charge in [-0.2, -0.15) is 0 Å². The molecule has 2 aromatic rings. The molecule has 2 heterocycles. The average molecular weight is 317 g/mol. The minimum Gasteiger partial charge on any atom is -0.441 e. The highest BCUT2D eigenvalue weighted by Crippen LogP contribution is 2.23. The van der Waals surface area contributed by atoms with E-state index < -0.39 is 0 Å². The van der Waals surface area contributed by atoms with Gasteiger partial charge in [-0.3, -0.25) is 4.79 Å². The molecule has 3 rings (SSSR count). The van der Waals surface area contributed by atoms with Crippen LogP contribution < -0.4 is 0 Å². The number of piperazine rings is 1. The summed E-state index contributed by atoms with van der Waals surface area (Å²) in [7, 11) is 2.05. The van der Waals surface area contributed by atoms with E-state index in [1.54, 1.807) is 18.2 Å². The summed E-state index contributed by atoms with van der Waals surface area (Å²) in [6.07, 6.45) is 2.30. The van der Waals surface area contributed by atoms with E-state index in [2.05, 4.69) is 16.9 Å². The molecule has 0 spiro atoms. The van der Waals surface area contributed by atoms with Crippen molar-refractivity contribution in [1.29, 1.82) is 0 Å². The Morgan fingerprint density at radius 2 is 2.00 bits per heavy atom. The van der Waals surface area contributed by atoms with Gasteiger partial charge in [0.25, 0.3) is 0 Å². The monoisotopic (exact) mass is 317 g/mol. The third-order valence-corrected chi connectivity index (χ3v) is 4.10. The number of nitrogens with zero attached hydrogens (tertiary/aromatic N) is 3. The van der Waals surface area contributed by atoms with Gasteiger partial charge in [-0.15, -0.1) is 0 Å². The minimum atomic E-state index is -0.344. The number of aryl methyl sites for hydroxylation is 1. The SMILES string of the molecule is CN1CCN(C(=O)CCc2ncc(-c3ccccc3F)o2)CC1. The van der Waals surface area contributed by atoms with Crippen LogP contribution in [0.5, 0.6) is 0 Å². The number of rotatable bonds is 4. The zero-order chi connectivity index (χ0) is 16.2. The van der Waals surface area contributed by atoms with Crippen LogP contribution in [-0.2, 0) is 11.2 Å². The molecule has 1 fully saturated rings. The van der Waals surface area contributed by atoms with Gasteiger partial charge in [0.2, 0.25) is 5.91 Å². The molecule has 1 aliphatic heterocycles. The number of likely N-dealkylation sites (N-methyl/N-ethyl adjacent to an activating group) is 1. The smallest absolute Gasteiger partial charge is 0.223 e. The topological polar surface area (TPSA) is 49.6 Å². The summed E-state index contributed by atoms with van der Waals surface area (Å²) < 4.78 is 19.3. The molecule has 0 aliphatic carbocycles. The summed E-state index contributed by atoms with van der Waals surface area (Å²) in [5.41, 5.74) is 0.386. The molecule has 1 saturated heterocycles. The molecule has 23 heavy (non-hydrogen) atoms.